The van der Waals surface area contributed by atoms with E-state index in [1.807, 2.05) is 24.3 Å². The maximum absolute atomic E-state index is 12.5. The SMILES string of the molecule is CCOC(=O)C(CC(=O)c1ccccc1)NCCc1ccc(OC)c(OC)c1. The average Bonchev–Trinajstić information content (AvgIpc) is 2.73. The number of hydrogen-bond donors (Lipinski definition) is 1. The summed E-state index contributed by atoms with van der Waals surface area (Å²) in [6.45, 7) is 2.53. The summed E-state index contributed by atoms with van der Waals surface area (Å²) in [6, 6.07) is 13.9. The Bertz CT molecular complexity index is 776. The minimum Gasteiger partial charge on any atom is -0.493 e. The van der Waals surface area contributed by atoms with Gasteiger partial charge in [0.2, 0.25) is 0 Å². The Morgan fingerprint density at radius 3 is 2.36 bits per heavy atom. The molecule has 0 radical (unpaired) electrons. The van der Waals surface area contributed by atoms with Gasteiger partial charge in [0.15, 0.2) is 17.3 Å². The van der Waals surface area contributed by atoms with Crippen molar-refractivity contribution in [1.82, 2.24) is 5.32 Å². The van der Waals surface area contributed by atoms with E-state index < -0.39 is 12.0 Å². The Morgan fingerprint density at radius 2 is 1.71 bits per heavy atom. The summed E-state index contributed by atoms with van der Waals surface area (Å²) in [6.07, 6.45) is 0.713. The standard InChI is InChI=1S/C22H27NO5/c1-4-28-22(25)18(15-19(24)17-8-6-5-7-9-17)23-13-12-16-10-11-20(26-2)21(14-16)27-3/h5-11,14,18,23H,4,12-13,15H2,1-3H3. The molecule has 2 aromatic rings. The number of nitrogens with one attached hydrogen (secondary N) is 1. The quantitative estimate of drug-likeness (QED) is 0.473. The predicted octanol–water partition coefficient (Wildman–Crippen LogP) is 3.04. The average molecular weight is 385 g/mol. The van der Waals surface area contributed by atoms with Gasteiger partial charge in [0.25, 0.3) is 0 Å². The number of ether oxygens (including phenoxy) is 3. The first-order valence-electron chi connectivity index (χ1n) is 9.28. The highest BCUT2D eigenvalue weighted by atomic mass is 16.5. The van der Waals surface area contributed by atoms with E-state index in [1.165, 1.54) is 0 Å². The van der Waals surface area contributed by atoms with Gasteiger partial charge in [0.1, 0.15) is 6.04 Å². The molecule has 0 saturated carbocycles. The van der Waals surface area contributed by atoms with Crippen LogP contribution in [0.1, 0.15) is 29.3 Å². The molecule has 1 atom stereocenters. The molecule has 0 aliphatic carbocycles. The molecule has 1 N–H and O–H groups in total. The van der Waals surface area contributed by atoms with Gasteiger partial charge in [-0.15, -0.1) is 0 Å². The van der Waals surface area contributed by atoms with Crippen molar-refractivity contribution in [2.75, 3.05) is 27.4 Å². The molecule has 0 fully saturated rings. The van der Waals surface area contributed by atoms with Crippen LogP contribution in [0, 0.1) is 0 Å². The summed E-state index contributed by atoms with van der Waals surface area (Å²) in [5, 5.41) is 3.15. The third-order valence-electron chi connectivity index (χ3n) is 4.31. The second kappa shape index (κ2) is 11.1. The van der Waals surface area contributed by atoms with Crippen LogP contribution in [-0.4, -0.2) is 45.2 Å². The van der Waals surface area contributed by atoms with Gasteiger partial charge in [-0.05, 0) is 37.6 Å². The molecule has 150 valence electrons. The predicted molar refractivity (Wildman–Crippen MR) is 107 cm³/mol. The van der Waals surface area contributed by atoms with E-state index in [-0.39, 0.29) is 18.8 Å². The highest BCUT2D eigenvalue weighted by Gasteiger charge is 2.23. The van der Waals surface area contributed by atoms with Gasteiger partial charge in [-0.2, -0.15) is 0 Å². The van der Waals surface area contributed by atoms with Crippen molar-refractivity contribution in [1.29, 1.82) is 0 Å². The van der Waals surface area contributed by atoms with E-state index in [9.17, 15) is 9.59 Å². The Kier molecular flexibility index (Phi) is 8.49. The number of hydrogen-bond acceptors (Lipinski definition) is 6. The molecule has 2 rings (SSSR count). The van der Waals surface area contributed by atoms with Crippen LogP contribution in [0.3, 0.4) is 0 Å². The van der Waals surface area contributed by atoms with Crippen LogP contribution < -0.4 is 14.8 Å². The highest BCUT2D eigenvalue weighted by molar-refractivity contribution is 5.98. The number of esters is 1. The number of carbonyl (C=O) groups excluding carboxylic acids is 2. The molecule has 6 nitrogen and oxygen atoms in total. The molecule has 0 aliphatic rings. The Labute approximate surface area is 165 Å². The highest BCUT2D eigenvalue weighted by Crippen LogP contribution is 2.27. The lowest BCUT2D eigenvalue weighted by Gasteiger charge is -2.17. The van der Waals surface area contributed by atoms with E-state index in [0.717, 1.165) is 5.56 Å². The number of benzene rings is 2. The number of carbonyl (C=O) groups is 2. The maximum Gasteiger partial charge on any atom is 0.323 e. The zero-order valence-corrected chi connectivity index (χ0v) is 16.6. The zero-order valence-electron chi connectivity index (χ0n) is 16.6. The first-order valence-corrected chi connectivity index (χ1v) is 9.28. The van der Waals surface area contributed by atoms with E-state index in [0.29, 0.717) is 30.0 Å². The van der Waals surface area contributed by atoms with Gasteiger partial charge in [0, 0.05) is 12.0 Å². The van der Waals surface area contributed by atoms with Crippen LogP contribution in [-0.2, 0) is 16.0 Å². The maximum atomic E-state index is 12.5. The third-order valence-corrected chi connectivity index (χ3v) is 4.31. The third kappa shape index (κ3) is 6.09. The Morgan fingerprint density at radius 1 is 1.00 bits per heavy atom. The first-order chi connectivity index (χ1) is 13.6. The second-order valence-electron chi connectivity index (χ2n) is 6.19. The van der Waals surface area contributed by atoms with Crippen molar-refractivity contribution >= 4 is 11.8 Å². The fraction of sp³-hybridized carbons (Fsp3) is 0.364. The first kappa shape index (κ1) is 21.4. The number of ketones is 1. The number of methoxy groups -OCH3 is 2. The molecule has 0 spiro atoms. The van der Waals surface area contributed by atoms with Crippen molar-refractivity contribution < 1.29 is 23.8 Å². The molecule has 0 amide bonds. The number of Topliss-reactive ketones (excluding diaryl/α,β-unsaturated/α-hetero) is 1. The van der Waals surface area contributed by atoms with Crippen LogP contribution in [0.5, 0.6) is 11.5 Å². The second-order valence-corrected chi connectivity index (χ2v) is 6.19. The molecule has 0 aromatic heterocycles. The lowest BCUT2D eigenvalue weighted by Crippen LogP contribution is -2.40. The van der Waals surface area contributed by atoms with E-state index in [4.69, 9.17) is 14.2 Å². The molecule has 0 aliphatic heterocycles. The van der Waals surface area contributed by atoms with Crippen molar-refractivity contribution in [3.05, 3.63) is 59.7 Å². The molecule has 0 heterocycles. The van der Waals surface area contributed by atoms with E-state index >= 15 is 0 Å². The van der Waals surface area contributed by atoms with Gasteiger partial charge in [-0.1, -0.05) is 36.4 Å². The summed E-state index contributed by atoms with van der Waals surface area (Å²) in [5.74, 6) is 0.801. The summed E-state index contributed by atoms with van der Waals surface area (Å²) in [5.41, 5.74) is 1.61. The fourth-order valence-electron chi connectivity index (χ4n) is 2.84. The molecule has 2 aromatic carbocycles. The topological polar surface area (TPSA) is 73.9 Å². The largest absolute Gasteiger partial charge is 0.493 e. The molecule has 0 saturated heterocycles. The zero-order chi connectivity index (χ0) is 20.4. The molecule has 1 unspecified atom stereocenters. The van der Waals surface area contributed by atoms with Crippen LogP contribution in [0.25, 0.3) is 0 Å². The van der Waals surface area contributed by atoms with Crippen LogP contribution in [0.2, 0.25) is 0 Å². The summed E-state index contributed by atoms with van der Waals surface area (Å²) in [7, 11) is 3.18. The van der Waals surface area contributed by atoms with E-state index in [1.54, 1.807) is 45.4 Å². The van der Waals surface area contributed by atoms with Crippen molar-refractivity contribution in [3.63, 3.8) is 0 Å². The Hall–Kier alpha value is -2.86. The summed E-state index contributed by atoms with van der Waals surface area (Å²) >= 11 is 0. The smallest absolute Gasteiger partial charge is 0.323 e. The molecule has 28 heavy (non-hydrogen) atoms. The monoisotopic (exact) mass is 385 g/mol. The van der Waals surface area contributed by atoms with Crippen LogP contribution >= 0.6 is 0 Å². The van der Waals surface area contributed by atoms with E-state index in [2.05, 4.69) is 5.32 Å². The van der Waals surface area contributed by atoms with Crippen molar-refractivity contribution in [3.8, 4) is 11.5 Å². The van der Waals surface area contributed by atoms with Crippen LogP contribution in [0.15, 0.2) is 48.5 Å². The fourth-order valence-corrected chi connectivity index (χ4v) is 2.84. The van der Waals surface area contributed by atoms with Gasteiger partial charge >= 0.3 is 5.97 Å². The minimum atomic E-state index is -0.687. The van der Waals surface area contributed by atoms with Crippen molar-refractivity contribution in [2.24, 2.45) is 0 Å². The van der Waals surface area contributed by atoms with Crippen molar-refractivity contribution in [2.45, 2.75) is 25.8 Å². The van der Waals surface area contributed by atoms with Gasteiger partial charge in [-0.3, -0.25) is 9.59 Å². The molecular weight excluding hydrogens is 358 g/mol. The lowest BCUT2D eigenvalue weighted by molar-refractivity contribution is -0.145. The molecule has 6 heteroatoms. The molecular formula is C22H27NO5. The molecule has 0 bridgehead atoms. The summed E-state index contributed by atoms with van der Waals surface area (Å²) < 4.78 is 15.7. The minimum absolute atomic E-state index is 0.0504. The summed E-state index contributed by atoms with van der Waals surface area (Å²) in [4.78, 5) is 24.7. The number of rotatable bonds is 11. The van der Waals surface area contributed by atoms with Gasteiger partial charge in [-0.25, -0.2) is 0 Å². The Balaban J connectivity index is 1.99. The normalized spacial score (nSPS) is 11.5. The lowest BCUT2D eigenvalue weighted by atomic mass is 10.0. The van der Waals surface area contributed by atoms with Gasteiger partial charge in [0.05, 0.1) is 20.8 Å². The van der Waals surface area contributed by atoms with Crippen LogP contribution in [0.4, 0.5) is 0 Å². The van der Waals surface area contributed by atoms with Gasteiger partial charge < -0.3 is 19.5 Å².